The Hall–Kier alpha value is -2.77. The highest BCUT2D eigenvalue weighted by atomic mass is 16.2. The molecule has 0 aliphatic rings. The number of hydrogen-bond acceptors (Lipinski definition) is 3. The number of benzene rings is 2. The zero-order chi connectivity index (χ0) is 16.2. The van der Waals surface area contributed by atoms with Crippen LogP contribution in [0.4, 0.5) is 5.69 Å². The summed E-state index contributed by atoms with van der Waals surface area (Å²) in [6, 6.07) is 14.1. The molecule has 0 spiro atoms. The molecular weight excluding hydrogens is 286 g/mol. The summed E-state index contributed by atoms with van der Waals surface area (Å²) in [5.74, 6) is 6.98. The molecule has 3 rings (SSSR count). The number of anilines is 1. The van der Waals surface area contributed by atoms with Crippen LogP contribution in [-0.4, -0.2) is 35.8 Å². The summed E-state index contributed by atoms with van der Waals surface area (Å²) in [6.45, 7) is 0.0769. The van der Waals surface area contributed by atoms with Crippen LogP contribution in [0.5, 0.6) is 0 Å². The Morgan fingerprint density at radius 3 is 2.74 bits per heavy atom. The lowest BCUT2D eigenvalue weighted by Gasteiger charge is -2.15. The number of aromatic amines is 1. The first-order chi connectivity index (χ1) is 11.2. The predicted molar refractivity (Wildman–Crippen MR) is 94.4 cm³/mol. The Balaban J connectivity index is 2.06. The number of fused-ring (bicyclic) bond motifs is 1. The lowest BCUT2D eigenvalue weighted by molar-refractivity contribution is 0.305. The van der Waals surface area contributed by atoms with Gasteiger partial charge in [0.25, 0.3) is 0 Å². The van der Waals surface area contributed by atoms with Gasteiger partial charge in [-0.15, -0.1) is 0 Å². The van der Waals surface area contributed by atoms with Gasteiger partial charge in [-0.2, -0.15) is 0 Å². The van der Waals surface area contributed by atoms with Crippen molar-refractivity contribution in [2.24, 2.45) is 0 Å². The summed E-state index contributed by atoms with van der Waals surface area (Å²) in [5.41, 5.74) is 4.95. The fourth-order valence-corrected chi connectivity index (χ4v) is 2.48. The summed E-state index contributed by atoms with van der Waals surface area (Å²) < 4.78 is 0. The van der Waals surface area contributed by atoms with Crippen LogP contribution < -0.4 is 4.90 Å². The maximum absolute atomic E-state index is 8.91. The molecule has 0 bridgehead atoms. The van der Waals surface area contributed by atoms with E-state index < -0.39 is 0 Å². The van der Waals surface area contributed by atoms with E-state index in [1.807, 2.05) is 61.5 Å². The van der Waals surface area contributed by atoms with Gasteiger partial charge in [0.05, 0.1) is 23.3 Å². The third-order valence-corrected chi connectivity index (χ3v) is 3.60. The van der Waals surface area contributed by atoms with E-state index in [0.717, 1.165) is 33.7 Å². The van der Waals surface area contributed by atoms with Gasteiger partial charge in [0.15, 0.2) is 0 Å². The van der Waals surface area contributed by atoms with Crippen molar-refractivity contribution >= 4 is 16.7 Å². The Kier molecular flexibility index (Phi) is 4.31. The topological polar surface area (TPSA) is 52.2 Å². The van der Waals surface area contributed by atoms with E-state index in [9.17, 15) is 0 Å². The van der Waals surface area contributed by atoms with Gasteiger partial charge < -0.3 is 15.0 Å². The normalized spacial score (nSPS) is 10.4. The number of para-hydroxylation sites is 2. The molecule has 0 fully saturated rings. The number of aliphatic hydroxyl groups excluding tert-OH is 1. The largest absolute Gasteiger partial charge is 0.395 e. The van der Waals surface area contributed by atoms with Crippen LogP contribution in [0.15, 0.2) is 42.5 Å². The molecule has 1 aromatic heterocycles. The Labute approximate surface area is 135 Å². The van der Waals surface area contributed by atoms with E-state index in [0.29, 0.717) is 6.42 Å². The molecule has 4 heteroatoms. The number of nitrogens with one attached hydrogen (secondary N) is 1. The Morgan fingerprint density at radius 1 is 1.17 bits per heavy atom. The average Bonchev–Trinajstić information content (AvgIpc) is 2.99. The van der Waals surface area contributed by atoms with Gasteiger partial charge in [-0.05, 0) is 30.3 Å². The van der Waals surface area contributed by atoms with E-state index in [-0.39, 0.29) is 6.61 Å². The smallest absolute Gasteiger partial charge is 0.138 e. The molecule has 1 heterocycles. The van der Waals surface area contributed by atoms with E-state index >= 15 is 0 Å². The van der Waals surface area contributed by atoms with Crippen LogP contribution in [0.3, 0.4) is 0 Å². The van der Waals surface area contributed by atoms with Gasteiger partial charge in [-0.25, -0.2) is 4.98 Å². The van der Waals surface area contributed by atoms with Crippen molar-refractivity contribution in [3.05, 3.63) is 48.0 Å². The van der Waals surface area contributed by atoms with E-state index in [1.54, 1.807) is 0 Å². The second kappa shape index (κ2) is 6.55. The van der Waals surface area contributed by atoms with Crippen molar-refractivity contribution in [2.75, 3.05) is 25.6 Å². The van der Waals surface area contributed by atoms with Gasteiger partial charge >= 0.3 is 0 Å². The highest BCUT2D eigenvalue weighted by molar-refractivity contribution is 5.80. The number of imidazole rings is 1. The van der Waals surface area contributed by atoms with Crippen molar-refractivity contribution in [2.45, 2.75) is 6.42 Å². The summed E-state index contributed by atoms with van der Waals surface area (Å²) in [5, 5.41) is 8.91. The van der Waals surface area contributed by atoms with Gasteiger partial charge in [0.2, 0.25) is 0 Å². The zero-order valence-electron chi connectivity index (χ0n) is 13.3. The lowest BCUT2D eigenvalue weighted by atomic mass is 10.1. The molecular formula is C19H19N3O. The SMILES string of the molecule is CN(C)c1ccc(-c2nc3ccccc3[nH]2)cc1C#CCCO. The molecule has 116 valence electrons. The minimum Gasteiger partial charge on any atom is -0.395 e. The fourth-order valence-electron chi connectivity index (χ4n) is 2.48. The number of aliphatic hydroxyl groups is 1. The first kappa shape index (κ1) is 15.1. The van der Waals surface area contributed by atoms with Gasteiger partial charge in [0, 0.05) is 31.6 Å². The van der Waals surface area contributed by atoms with Crippen LogP contribution in [0.1, 0.15) is 12.0 Å². The zero-order valence-corrected chi connectivity index (χ0v) is 13.3. The fraction of sp³-hybridized carbons (Fsp3) is 0.211. The lowest BCUT2D eigenvalue weighted by Crippen LogP contribution is -2.10. The van der Waals surface area contributed by atoms with Gasteiger partial charge in [0.1, 0.15) is 5.82 Å². The second-order valence-electron chi connectivity index (χ2n) is 5.50. The molecule has 0 saturated carbocycles. The van der Waals surface area contributed by atoms with Crippen LogP contribution in [0.25, 0.3) is 22.4 Å². The molecule has 2 aromatic carbocycles. The Morgan fingerprint density at radius 2 is 2.00 bits per heavy atom. The highest BCUT2D eigenvalue weighted by Gasteiger charge is 2.09. The molecule has 0 saturated heterocycles. The van der Waals surface area contributed by atoms with Crippen molar-refractivity contribution in [1.82, 2.24) is 9.97 Å². The maximum atomic E-state index is 8.91. The summed E-state index contributed by atoms with van der Waals surface area (Å²) >= 11 is 0. The first-order valence-electron chi connectivity index (χ1n) is 7.55. The molecule has 0 radical (unpaired) electrons. The van der Waals surface area contributed by atoms with E-state index in [1.165, 1.54) is 0 Å². The van der Waals surface area contributed by atoms with Crippen molar-refractivity contribution in [1.29, 1.82) is 0 Å². The van der Waals surface area contributed by atoms with Crippen molar-refractivity contribution in [3.63, 3.8) is 0 Å². The van der Waals surface area contributed by atoms with Gasteiger partial charge in [-0.1, -0.05) is 24.0 Å². The minimum atomic E-state index is 0.0769. The molecule has 4 nitrogen and oxygen atoms in total. The van der Waals surface area contributed by atoms with E-state index in [2.05, 4.69) is 21.8 Å². The number of aromatic nitrogens is 2. The Bertz CT molecular complexity index is 851. The molecule has 0 aliphatic carbocycles. The van der Waals surface area contributed by atoms with Crippen LogP contribution in [0, 0.1) is 11.8 Å². The number of rotatable bonds is 3. The average molecular weight is 305 g/mol. The molecule has 0 amide bonds. The molecule has 3 aromatic rings. The summed E-state index contributed by atoms with van der Waals surface area (Å²) in [4.78, 5) is 10.0. The molecule has 23 heavy (non-hydrogen) atoms. The molecule has 0 aliphatic heterocycles. The predicted octanol–water partition coefficient (Wildman–Crippen LogP) is 3.03. The molecule has 0 unspecified atom stereocenters. The summed E-state index contributed by atoms with van der Waals surface area (Å²) in [6.07, 6.45) is 0.474. The van der Waals surface area contributed by atoms with Crippen LogP contribution in [0.2, 0.25) is 0 Å². The van der Waals surface area contributed by atoms with Crippen molar-refractivity contribution in [3.8, 4) is 23.2 Å². The van der Waals surface area contributed by atoms with Crippen LogP contribution >= 0.6 is 0 Å². The number of H-pyrrole nitrogens is 1. The molecule has 0 atom stereocenters. The molecule has 2 N–H and O–H groups in total. The van der Waals surface area contributed by atoms with Gasteiger partial charge in [-0.3, -0.25) is 0 Å². The number of nitrogens with zero attached hydrogens (tertiary/aromatic N) is 2. The van der Waals surface area contributed by atoms with E-state index in [4.69, 9.17) is 5.11 Å². The highest BCUT2D eigenvalue weighted by Crippen LogP contribution is 2.26. The third-order valence-electron chi connectivity index (χ3n) is 3.60. The standard InChI is InChI=1S/C19H19N3O/c1-22(2)18-11-10-15(13-14(18)7-5-6-12-23)19-20-16-8-3-4-9-17(16)21-19/h3-4,8-11,13,23H,6,12H2,1-2H3,(H,20,21). The quantitative estimate of drug-likeness (QED) is 0.731. The monoisotopic (exact) mass is 305 g/mol. The van der Waals surface area contributed by atoms with Crippen LogP contribution in [-0.2, 0) is 0 Å². The second-order valence-corrected chi connectivity index (χ2v) is 5.50. The third kappa shape index (κ3) is 3.20. The summed E-state index contributed by atoms with van der Waals surface area (Å²) in [7, 11) is 3.99. The maximum Gasteiger partial charge on any atom is 0.138 e. The number of hydrogen-bond donors (Lipinski definition) is 2. The van der Waals surface area contributed by atoms with Crippen molar-refractivity contribution < 1.29 is 5.11 Å². The minimum absolute atomic E-state index is 0.0769. The first-order valence-corrected chi connectivity index (χ1v) is 7.55.